The van der Waals surface area contributed by atoms with Gasteiger partial charge < -0.3 is 33.5 Å². The second kappa shape index (κ2) is 24.0. The summed E-state index contributed by atoms with van der Waals surface area (Å²) in [5, 5.41) is 8.44. The van der Waals surface area contributed by atoms with E-state index in [0.29, 0.717) is 65.9 Å². The molecular weight excluding hydrogens is 396 g/mol. The van der Waals surface area contributed by atoms with Crippen LogP contribution in [0.25, 0.3) is 0 Å². The van der Waals surface area contributed by atoms with Crippen LogP contribution in [0.3, 0.4) is 0 Å². The number of carbonyl (C=O) groups is 2. The minimum atomic E-state index is -0.873. The lowest BCUT2D eigenvalue weighted by Gasteiger charge is -2.08. The van der Waals surface area contributed by atoms with Gasteiger partial charge in [0, 0.05) is 6.42 Å². The van der Waals surface area contributed by atoms with Crippen molar-refractivity contribution in [1.82, 2.24) is 0 Å². The van der Waals surface area contributed by atoms with E-state index < -0.39 is 5.97 Å². The van der Waals surface area contributed by atoms with Crippen LogP contribution in [0, 0.1) is 0 Å². The highest BCUT2D eigenvalue weighted by Gasteiger charge is 2.02. The Hall–Kier alpha value is -1.26. The van der Waals surface area contributed by atoms with Gasteiger partial charge >= 0.3 is 11.9 Å². The molecule has 0 aromatic rings. The number of unbranched alkanes of at least 4 members (excludes halogenated alkanes) is 4. The summed E-state index contributed by atoms with van der Waals surface area (Å²) in [5.41, 5.74) is 0. The Balaban J connectivity index is 3.11. The van der Waals surface area contributed by atoms with Crippen LogP contribution < -0.4 is 0 Å². The third-order valence-electron chi connectivity index (χ3n) is 3.92. The van der Waals surface area contributed by atoms with Crippen LogP contribution in [0.4, 0.5) is 0 Å². The summed E-state index contributed by atoms with van der Waals surface area (Å²) in [5.74, 6) is -1.03. The summed E-state index contributed by atoms with van der Waals surface area (Å²) in [6.45, 7) is 6.53. The zero-order valence-electron chi connectivity index (χ0n) is 18.4. The highest BCUT2D eigenvalue weighted by molar-refractivity contribution is 5.69. The Bertz CT molecular complexity index is 391. The molecule has 0 aliphatic heterocycles. The molecule has 30 heavy (non-hydrogen) atoms. The van der Waals surface area contributed by atoms with Gasteiger partial charge in [0.1, 0.15) is 6.61 Å². The second-order valence-electron chi connectivity index (χ2n) is 6.59. The molecule has 0 radical (unpaired) electrons. The van der Waals surface area contributed by atoms with Crippen LogP contribution in [0.5, 0.6) is 0 Å². The van der Waals surface area contributed by atoms with E-state index in [9.17, 15) is 9.59 Å². The fourth-order valence-electron chi connectivity index (χ4n) is 2.30. The van der Waals surface area contributed by atoms with Crippen molar-refractivity contribution in [2.24, 2.45) is 0 Å². The zero-order valence-corrected chi connectivity index (χ0v) is 18.4. The fourth-order valence-corrected chi connectivity index (χ4v) is 2.30. The average molecular weight is 437 g/mol. The van der Waals surface area contributed by atoms with E-state index in [0.717, 1.165) is 12.8 Å². The largest absolute Gasteiger partial charge is 0.481 e. The molecule has 0 aliphatic carbocycles. The zero-order chi connectivity index (χ0) is 22.1. The van der Waals surface area contributed by atoms with Gasteiger partial charge in [0.2, 0.25) is 0 Å². The predicted molar refractivity (Wildman–Crippen MR) is 111 cm³/mol. The topological polar surface area (TPSA) is 110 Å². The van der Waals surface area contributed by atoms with Crippen molar-refractivity contribution in [3.63, 3.8) is 0 Å². The van der Waals surface area contributed by atoms with E-state index >= 15 is 0 Å². The summed E-state index contributed by atoms with van der Waals surface area (Å²) in [6, 6.07) is 0. The summed E-state index contributed by atoms with van der Waals surface area (Å²) in [6.07, 6.45) is 6.06. The number of ether oxygens (including phenoxy) is 6. The van der Waals surface area contributed by atoms with Gasteiger partial charge in [-0.1, -0.05) is 32.6 Å². The molecule has 9 nitrogen and oxygen atoms in total. The van der Waals surface area contributed by atoms with Crippen LogP contribution in [0.15, 0.2) is 0 Å². The van der Waals surface area contributed by atoms with Gasteiger partial charge in [-0.25, -0.2) is 0 Å². The molecule has 9 heteroatoms. The van der Waals surface area contributed by atoms with Gasteiger partial charge in [0.25, 0.3) is 0 Å². The first-order chi connectivity index (χ1) is 14.7. The molecular formula is C21H40O9. The van der Waals surface area contributed by atoms with E-state index in [2.05, 4.69) is 6.92 Å². The molecule has 0 aliphatic rings. The molecule has 0 spiro atoms. The van der Waals surface area contributed by atoms with Crippen LogP contribution in [-0.2, 0) is 38.0 Å². The molecule has 0 aromatic heterocycles. The van der Waals surface area contributed by atoms with Crippen LogP contribution in [0.2, 0.25) is 0 Å². The number of carboxylic acids is 1. The number of hydrogen-bond donors (Lipinski definition) is 1. The Labute approximate surface area is 180 Å². The van der Waals surface area contributed by atoms with Crippen molar-refractivity contribution in [2.45, 2.75) is 51.9 Å². The number of aliphatic carboxylic acids is 1. The summed E-state index contributed by atoms with van der Waals surface area (Å²) < 4.78 is 31.5. The highest BCUT2D eigenvalue weighted by Crippen LogP contribution is 2.05. The maximum absolute atomic E-state index is 11.5. The molecule has 0 amide bonds. The lowest BCUT2D eigenvalue weighted by molar-refractivity contribution is -0.145. The molecule has 0 fully saturated rings. The lowest BCUT2D eigenvalue weighted by atomic mass is 10.1. The molecule has 0 saturated carbocycles. The molecule has 0 rings (SSSR count). The quantitative estimate of drug-likeness (QED) is 0.180. The highest BCUT2D eigenvalue weighted by atomic mass is 16.6. The van der Waals surface area contributed by atoms with Gasteiger partial charge in [0.15, 0.2) is 0 Å². The average Bonchev–Trinajstić information content (AvgIpc) is 2.72. The van der Waals surface area contributed by atoms with E-state index in [4.69, 9.17) is 33.5 Å². The fraction of sp³-hybridized carbons (Fsp3) is 0.905. The standard InChI is InChI=1S/C21H40O9/c1-2-3-4-5-6-7-21(24)30-19-18-29-17-16-28-15-14-27-13-12-26-11-10-25-9-8-20(22)23/h2-19H2,1H3,(H,22,23). The molecule has 0 bridgehead atoms. The maximum atomic E-state index is 11.5. The van der Waals surface area contributed by atoms with E-state index in [1.54, 1.807) is 0 Å². The Morgan fingerprint density at radius 2 is 1.00 bits per heavy atom. The smallest absolute Gasteiger partial charge is 0.305 e. The minimum absolute atomic E-state index is 0.000851. The lowest BCUT2D eigenvalue weighted by Crippen LogP contribution is -2.15. The Morgan fingerprint density at radius 1 is 0.567 bits per heavy atom. The number of carbonyl (C=O) groups excluding carboxylic acids is 1. The number of rotatable bonds is 24. The SMILES string of the molecule is CCCCCCCC(=O)OCCOCCOCCOCCOCCOCCC(=O)O. The monoisotopic (exact) mass is 436 g/mol. The van der Waals surface area contributed by atoms with Crippen molar-refractivity contribution < 1.29 is 43.1 Å². The van der Waals surface area contributed by atoms with Crippen molar-refractivity contribution in [2.75, 3.05) is 72.7 Å². The van der Waals surface area contributed by atoms with Crippen LogP contribution >= 0.6 is 0 Å². The first-order valence-corrected chi connectivity index (χ1v) is 10.9. The molecule has 0 saturated heterocycles. The van der Waals surface area contributed by atoms with Gasteiger partial charge in [-0.15, -0.1) is 0 Å². The normalized spacial score (nSPS) is 11.0. The molecule has 0 aromatic carbocycles. The molecule has 0 atom stereocenters. The predicted octanol–water partition coefficient (Wildman–Crippen LogP) is 2.45. The third-order valence-corrected chi connectivity index (χ3v) is 3.92. The first kappa shape index (κ1) is 28.7. The number of esters is 1. The Kier molecular flexibility index (Phi) is 23.0. The second-order valence-corrected chi connectivity index (χ2v) is 6.59. The van der Waals surface area contributed by atoms with Crippen molar-refractivity contribution >= 4 is 11.9 Å². The van der Waals surface area contributed by atoms with Gasteiger partial charge in [-0.05, 0) is 6.42 Å². The molecule has 0 heterocycles. The maximum Gasteiger partial charge on any atom is 0.305 e. The van der Waals surface area contributed by atoms with Crippen molar-refractivity contribution in [1.29, 1.82) is 0 Å². The van der Waals surface area contributed by atoms with E-state index in [-0.39, 0.29) is 25.6 Å². The van der Waals surface area contributed by atoms with Crippen molar-refractivity contribution in [3.8, 4) is 0 Å². The van der Waals surface area contributed by atoms with E-state index in [1.165, 1.54) is 19.3 Å². The van der Waals surface area contributed by atoms with Gasteiger partial charge in [0.05, 0.1) is 72.5 Å². The summed E-state index contributed by atoms with van der Waals surface area (Å²) in [7, 11) is 0. The molecule has 1 N–H and O–H groups in total. The van der Waals surface area contributed by atoms with Crippen LogP contribution in [0.1, 0.15) is 51.9 Å². The molecule has 178 valence electrons. The number of carboxylic acid groups (broad SMARTS) is 1. The molecule has 0 unspecified atom stereocenters. The summed E-state index contributed by atoms with van der Waals surface area (Å²) >= 11 is 0. The van der Waals surface area contributed by atoms with Gasteiger partial charge in [-0.2, -0.15) is 0 Å². The minimum Gasteiger partial charge on any atom is -0.481 e. The van der Waals surface area contributed by atoms with Crippen LogP contribution in [-0.4, -0.2) is 89.7 Å². The first-order valence-electron chi connectivity index (χ1n) is 10.9. The van der Waals surface area contributed by atoms with E-state index in [1.807, 2.05) is 0 Å². The summed E-state index contributed by atoms with van der Waals surface area (Å²) in [4.78, 5) is 21.8. The number of hydrogen-bond acceptors (Lipinski definition) is 8. The third kappa shape index (κ3) is 24.8. The van der Waals surface area contributed by atoms with Crippen molar-refractivity contribution in [3.05, 3.63) is 0 Å². The Morgan fingerprint density at radius 3 is 1.47 bits per heavy atom. The van der Waals surface area contributed by atoms with Gasteiger partial charge in [-0.3, -0.25) is 9.59 Å².